The number of rotatable bonds is 6. The molecule has 1 aromatic heterocycles. The van der Waals surface area contributed by atoms with Crippen LogP contribution in [0.3, 0.4) is 0 Å². The molecule has 1 N–H and O–H groups in total. The Labute approximate surface area is 98.2 Å². The molecule has 0 spiro atoms. The molecule has 1 aliphatic rings. The lowest BCUT2D eigenvalue weighted by Gasteiger charge is -2.25. The molecule has 0 saturated heterocycles. The van der Waals surface area contributed by atoms with E-state index in [1.165, 1.54) is 25.0 Å². The van der Waals surface area contributed by atoms with Crippen molar-refractivity contribution in [1.29, 1.82) is 0 Å². The third-order valence-corrected chi connectivity index (χ3v) is 3.43. The summed E-state index contributed by atoms with van der Waals surface area (Å²) in [6.07, 6.45) is 6.96. The highest BCUT2D eigenvalue weighted by molar-refractivity contribution is 5.00. The van der Waals surface area contributed by atoms with Crippen LogP contribution in [-0.4, -0.2) is 22.4 Å². The molecule has 0 aliphatic heterocycles. The van der Waals surface area contributed by atoms with E-state index in [0.717, 1.165) is 19.0 Å². The average molecular weight is 221 g/mol. The molecule has 1 aromatic rings. The van der Waals surface area contributed by atoms with E-state index in [2.05, 4.69) is 30.3 Å². The van der Waals surface area contributed by atoms with Gasteiger partial charge in [0.25, 0.3) is 0 Å². The summed E-state index contributed by atoms with van der Waals surface area (Å²) in [4.78, 5) is 0. The normalized spacial score (nSPS) is 16.7. The average Bonchev–Trinajstić information content (AvgIpc) is 2.97. The first-order valence-electron chi connectivity index (χ1n) is 6.27. The third kappa shape index (κ3) is 3.34. The molecule has 0 bridgehead atoms. The predicted octanol–water partition coefficient (Wildman–Crippen LogP) is 2.13. The molecular formula is C13H23N3. The molecule has 1 fully saturated rings. The Kier molecular flexibility index (Phi) is 3.33. The Morgan fingerprint density at radius 2 is 2.25 bits per heavy atom. The summed E-state index contributed by atoms with van der Waals surface area (Å²) in [5.74, 6) is 0. The highest BCUT2D eigenvalue weighted by Crippen LogP contribution is 2.25. The van der Waals surface area contributed by atoms with Gasteiger partial charge in [-0.2, -0.15) is 5.10 Å². The van der Waals surface area contributed by atoms with Crippen molar-refractivity contribution in [2.75, 3.05) is 6.54 Å². The zero-order valence-electron chi connectivity index (χ0n) is 10.7. The van der Waals surface area contributed by atoms with Crippen LogP contribution in [-0.2, 0) is 13.5 Å². The highest BCUT2D eigenvalue weighted by atomic mass is 15.2. The molecular weight excluding hydrogens is 198 g/mol. The zero-order valence-corrected chi connectivity index (χ0v) is 10.7. The molecule has 2 rings (SSSR count). The summed E-state index contributed by atoms with van der Waals surface area (Å²) in [5, 5.41) is 7.82. The van der Waals surface area contributed by atoms with Crippen molar-refractivity contribution in [3.63, 3.8) is 0 Å². The Bertz CT molecular complexity index is 337. The summed E-state index contributed by atoms with van der Waals surface area (Å²) in [6.45, 7) is 5.83. The summed E-state index contributed by atoms with van der Waals surface area (Å²) in [6, 6.07) is 2.93. The van der Waals surface area contributed by atoms with E-state index >= 15 is 0 Å². The molecule has 1 aliphatic carbocycles. The minimum Gasteiger partial charge on any atom is -0.313 e. The first-order valence-corrected chi connectivity index (χ1v) is 6.27. The van der Waals surface area contributed by atoms with E-state index in [9.17, 15) is 0 Å². The smallest absolute Gasteiger partial charge is 0.0492 e. The van der Waals surface area contributed by atoms with Gasteiger partial charge in [0.05, 0.1) is 0 Å². The molecule has 1 saturated carbocycles. The lowest BCUT2D eigenvalue weighted by atomic mass is 9.87. The quantitative estimate of drug-likeness (QED) is 0.797. The van der Waals surface area contributed by atoms with Crippen molar-refractivity contribution in [2.45, 2.75) is 45.6 Å². The number of hydrogen-bond donors (Lipinski definition) is 1. The molecule has 90 valence electrons. The van der Waals surface area contributed by atoms with Crippen LogP contribution >= 0.6 is 0 Å². The minimum atomic E-state index is 0.382. The second kappa shape index (κ2) is 4.58. The first kappa shape index (κ1) is 11.6. The molecule has 0 unspecified atom stereocenters. The van der Waals surface area contributed by atoms with E-state index in [0.29, 0.717) is 5.41 Å². The maximum absolute atomic E-state index is 4.20. The van der Waals surface area contributed by atoms with Gasteiger partial charge in [-0.3, -0.25) is 4.68 Å². The number of aryl methyl sites for hydroxylation is 2. The lowest BCUT2D eigenvalue weighted by Crippen LogP contribution is -2.31. The maximum atomic E-state index is 4.20. The van der Waals surface area contributed by atoms with Crippen LogP contribution in [0.4, 0.5) is 0 Å². The summed E-state index contributed by atoms with van der Waals surface area (Å²) >= 11 is 0. The molecule has 16 heavy (non-hydrogen) atoms. The van der Waals surface area contributed by atoms with Crippen LogP contribution in [0, 0.1) is 5.41 Å². The second-order valence-electron chi connectivity index (χ2n) is 5.77. The van der Waals surface area contributed by atoms with Gasteiger partial charge in [-0.1, -0.05) is 13.8 Å². The molecule has 3 nitrogen and oxygen atoms in total. The molecule has 0 amide bonds. The first-order chi connectivity index (χ1) is 7.57. The summed E-state index contributed by atoms with van der Waals surface area (Å²) < 4.78 is 1.98. The number of hydrogen-bond acceptors (Lipinski definition) is 2. The molecule has 1 heterocycles. The fraction of sp³-hybridized carbons (Fsp3) is 0.769. The predicted molar refractivity (Wildman–Crippen MR) is 66.3 cm³/mol. The highest BCUT2D eigenvalue weighted by Gasteiger charge is 2.25. The Hall–Kier alpha value is -0.830. The molecule has 0 atom stereocenters. The fourth-order valence-electron chi connectivity index (χ4n) is 1.91. The van der Waals surface area contributed by atoms with Gasteiger partial charge < -0.3 is 5.32 Å². The van der Waals surface area contributed by atoms with Crippen LogP contribution in [0.15, 0.2) is 12.3 Å². The van der Waals surface area contributed by atoms with Crippen LogP contribution in [0.25, 0.3) is 0 Å². The molecule has 0 aromatic carbocycles. The Balaban J connectivity index is 1.76. The number of aromatic nitrogens is 2. The van der Waals surface area contributed by atoms with Crippen LogP contribution < -0.4 is 5.32 Å². The van der Waals surface area contributed by atoms with Gasteiger partial charge in [-0.15, -0.1) is 0 Å². The van der Waals surface area contributed by atoms with Gasteiger partial charge in [-0.05, 0) is 37.2 Å². The van der Waals surface area contributed by atoms with E-state index in [-0.39, 0.29) is 0 Å². The Morgan fingerprint density at radius 1 is 1.50 bits per heavy atom. The van der Waals surface area contributed by atoms with Crippen molar-refractivity contribution in [1.82, 2.24) is 15.1 Å². The summed E-state index contributed by atoms with van der Waals surface area (Å²) in [7, 11) is 2.02. The largest absolute Gasteiger partial charge is 0.313 e. The second-order valence-corrected chi connectivity index (χ2v) is 5.77. The third-order valence-electron chi connectivity index (χ3n) is 3.43. The summed E-state index contributed by atoms with van der Waals surface area (Å²) in [5.41, 5.74) is 1.71. The molecule has 3 heteroatoms. The lowest BCUT2D eigenvalue weighted by molar-refractivity contribution is 0.311. The standard InChI is InChI=1S/C13H23N3/c1-13(2,10-14-11-4-5-11)8-6-12-7-9-15-16(12)3/h7,9,11,14H,4-6,8,10H2,1-3H3. The van der Waals surface area contributed by atoms with Gasteiger partial charge >= 0.3 is 0 Å². The van der Waals surface area contributed by atoms with Gasteiger partial charge in [0.1, 0.15) is 0 Å². The van der Waals surface area contributed by atoms with Gasteiger partial charge in [-0.25, -0.2) is 0 Å². The zero-order chi connectivity index (χ0) is 11.6. The van der Waals surface area contributed by atoms with Crippen LogP contribution in [0.5, 0.6) is 0 Å². The maximum Gasteiger partial charge on any atom is 0.0492 e. The number of nitrogens with zero attached hydrogens (tertiary/aromatic N) is 2. The van der Waals surface area contributed by atoms with Crippen LogP contribution in [0.2, 0.25) is 0 Å². The van der Waals surface area contributed by atoms with Crippen molar-refractivity contribution < 1.29 is 0 Å². The Morgan fingerprint density at radius 3 is 2.81 bits per heavy atom. The van der Waals surface area contributed by atoms with Crippen molar-refractivity contribution >= 4 is 0 Å². The van der Waals surface area contributed by atoms with E-state index < -0.39 is 0 Å². The number of nitrogens with one attached hydrogen (secondary N) is 1. The van der Waals surface area contributed by atoms with E-state index in [4.69, 9.17) is 0 Å². The molecule has 0 radical (unpaired) electrons. The minimum absolute atomic E-state index is 0.382. The van der Waals surface area contributed by atoms with Crippen molar-refractivity contribution in [2.24, 2.45) is 12.5 Å². The fourth-order valence-corrected chi connectivity index (χ4v) is 1.91. The topological polar surface area (TPSA) is 29.9 Å². The van der Waals surface area contributed by atoms with Crippen molar-refractivity contribution in [3.05, 3.63) is 18.0 Å². The van der Waals surface area contributed by atoms with Gasteiger partial charge in [0, 0.05) is 31.5 Å². The van der Waals surface area contributed by atoms with Crippen molar-refractivity contribution in [3.8, 4) is 0 Å². The van der Waals surface area contributed by atoms with Crippen LogP contribution in [0.1, 0.15) is 38.8 Å². The van der Waals surface area contributed by atoms with E-state index in [1.54, 1.807) is 0 Å². The van der Waals surface area contributed by atoms with E-state index in [1.807, 2.05) is 17.9 Å². The monoisotopic (exact) mass is 221 g/mol. The van der Waals surface area contributed by atoms with Gasteiger partial charge in [0.2, 0.25) is 0 Å². The van der Waals surface area contributed by atoms with Gasteiger partial charge in [0.15, 0.2) is 0 Å². The SMILES string of the molecule is Cn1nccc1CCC(C)(C)CNC1CC1.